The minimum atomic E-state index is -2.58. The minimum Gasteiger partial charge on any atom is -0.465 e. The zero-order valence-corrected chi connectivity index (χ0v) is 27.2. The Bertz CT molecular complexity index is 972. The van der Waals surface area contributed by atoms with Gasteiger partial charge in [-0.15, -0.1) is 0 Å². The number of benzene rings is 2. The van der Waals surface area contributed by atoms with Crippen molar-refractivity contribution in [3.05, 3.63) is 70.8 Å². The molecule has 0 N–H and O–H groups in total. The Morgan fingerprint density at radius 3 is 1.40 bits per heavy atom. The molecule has 9 nitrogen and oxygen atoms in total. The predicted molar refractivity (Wildman–Crippen MR) is 166 cm³/mol. The van der Waals surface area contributed by atoms with Crippen molar-refractivity contribution in [3.63, 3.8) is 0 Å². The molecule has 1 unspecified atom stereocenters. The van der Waals surface area contributed by atoms with Crippen LogP contribution in [0.1, 0.15) is 67.0 Å². The Balaban J connectivity index is 0. The van der Waals surface area contributed by atoms with Gasteiger partial charge in [-0.2, -0.15) is 0 Å². The van der Waals surface area contributed by atoms with E-state index in [2.05, 4.69) is 25.4 Å². The van der Waals surface area contributed by atoms with E-state index in [0.29, 0.717) is 43.7 Å². The lowest BCUT2D eigenvalue weighted by molar-refractivity contribution is 0.0592. The van der Waals surface area contributed by atoms with Crippen molar-refractivity contribution in [2.24, 2.45) is 0 Å². The summed E-state index contributed by atoms with van der Waals surface area (Å²) < 4.78 is 41.7. The van der Waals surface area contributed by atoms with E-state index in [9.17, 15) is 14.2 Å². The summed E-state index contributed by atoms with van der Waals surface area (Å²) in [7, 11) is -0.923. The van der Waals surface area contributed by atoms with E-state index in [-0.39, 0.29) is 19.4 Å². The first kappa shape index (κ1) is 40.5. The molecule has 12 heteroatoms. The zero-order valence-electron chi connectivity index (χ0n) is 23.8. The third-order valence-corrected chi connectivity index (χ3v) is 8.28. The fraction of sp³-hybridized carbons (Fsp3) is 0.500. The normalized spacial score (nSPS) is 11.5. The highest BCUT2D eigenvalue weighted by atomic mass is 79.9. The molecule has 0 saturated heterocycles. The molecule has 0 heterocycles. The van der Waals surface area contributed by atoms with Gasteiger partial charge < -0.3 is 27.6 Å². The first-order valence-electron chi connectivity index (χ1n) is 12.4. The number of rotatable bonds is 13. The Hall–Kier alpha value is -1.64. The first-order chi connectivity index (χ1) is 18.6. The topological polar surface area (TPSA) is 107 Å². The SMILES string of the molecule is C.CCOP(C)(=O)Cc1ccc(C(=O)OC)cc1.CCOP(OCC)OCC.COC(=O)c1ccc(CBr)cc1. The smallest absolute Gasteiger partial charge is 0.337 e. The number of carbonyl (C=O) groups excluding carboxylic acids is 2. The summed E-state index contributed by atoms with van der Waals surface area (Å²) in [6, 6.07) is 14.1. The minimum absolute atomic E-state index is 0. The lowest BCUT2D eigenvalue weighted by Gasteiger charge is -2.12. The second kappa shape index (κ2) is 24.0. The van der Waals surface area contributed by atoms with Gasteiger partial charge in [0.2, 0.25) is 7.37 Å². The molecule has 2 rings (SSSR count). The molecule has 0 aliphatic carbocycles. The highest BCUT2D eigenvalue weighted by Crippen LogP contribution is 2.46. The molecule has 2 aromatic carbocycles. The van der Waals surface area contributed by atoms with Gasteiger partial charge in [-0.1, -0.05) is 47.6 Å². The van der Waals surface area contributed by atoms with Gasteiger partial charge in [0.05, 0.1) is 51.8 Å². The van der Waals surface area contributed by atoms with Crippen LogP contribution in [0.15, 0.2) is 48.5 Å². The third-order valence-electron chi connectivity index (χ3n) is 4.48. The van der Waals surface area contributed by atoms with Crippen LogP contribution in [0.5, 0.6) is 0 Å². The summed E-state index contributed by atoms with van der Waals surface area (Å²) in [6.07, 6.45) is 0.377. The number of esters is 2. The summed E-state index contributed by atoms with van der Waals surface area (Å²) in [6.45, 7) is 11.6. The first-order valence-corrected chi connectivity index (χ1v) is 16.9. The van der Waals surface area contributed by atoms with Crippen molar-refractivity contribution in [2.75, 3.05) is 47.3 Å². The highest BCUT2D eigenvalue weighted by molar-refractivity contribution is 9.08. The summed E-state index contributed by atoms with van der Waals surface area (Å²) >= 11 is 3.32. The van der Waals surface area contributed by atoms with Crippen LogP contribution in [0.25, 0.3) is 0 Å². The molecule has 2 aromatic rings. The predicted octanol–water partition coefficient (Wildman–Crippen LogP) is 8.24. The van der Waals surface area contributed by atoms with Gasteiger partial charge in [-0.25, -0.2) is 9.59 Å². The van der Waals surface area contributed by atoms with E-state index >= 15 is 0 Å². The summed E-state index contributed by atoms with van der Waals surface area (Å²) in [5.41, 5.74) is 3.10. The molecule has 0 spiro atoms. The van der Waals surface area contributed by atoms with Crippen LogP contribution in [0, 0.1) is 0 Å². The molecule has 0 aliphatic rings. The lowest BCUT2D eigenvalue weighted by atomic mass is 10.1. The van der Waals surface area contributed by atoms with Crippen LogP contribution in [-0.4, -0.2) is 59.3 Å². The van der Waals surface area contributed by atoms with Crippen molar-refractivity contribution < 1.29 is 41.7 Å². The van der Waals surface area contributed by atoms with Crippen LogP contribution < -0.4 is 0 Å². The van der Waals surface area contributed by atoms with Crippen LogP contribution in [0.4, 0.5) is 0 Å². The van der Waals surface area contributed by atoms with Gasteiger partial charge in [0.25, 0.3) is 0 Å². The van der Waals surface area contributed by atoms with Gasteiger partial charge in [0.1, 0.15) is 0 Å². The number of methoxy groups -OCH3 is 2. The van der Waals surface area contributed by atoms with E-state index in [4.69, 9.17) is 18.1 Å². The molecule has 0 amide bonds. The van der Waals surface area contributed by atoms with E-state index in [0.717, 1.165) is 16.5 Å². The maximum atomic E-state index is 11.9. The molecular formula is C28H45BrO9P2. The van der Waals surface area contributed by atoms with E-state index in [1.807, 2.05) is 39.8 Å². The van der Waals surface area contributed by atoms with Crippen molar-refractivity contribution in [3.8, 4) is 0 Å². The summed E-state index contributed by atoms with van der Waals surface area (Å²) in [5, 5.41) is 0.800. The second-order valence-electron chi connectivity index (χ2n) is 7.58. The largest absolute Gasteiger partial charge is 0.465 e. The number of halogens is 1. The number of hydrogen-bond donors (Lipinski definition) is 0. The number of carbonyl (C=O) groups is 2. The second-order valence-corrected chi connectivity index (χ2v) is 12.0. The highest BCUT2D eigenvalue weighted by Gasteiger charge is 2.16. The standard InChI is InChI=1S/C12H17O4P.C9H9BrO2.C6H15O3P.CH4/c1-4-16-17(3,14)9-10-5-7-11(8-6-10)12(13)15-2;1-12-9(11)8-4-2-7(6-10)3-5-8;1-4-7-10(8-5-2)9-6-3;/h5-8H,4,9H2,1-3H3;2-5H,6H2,1H3;4-6H2,1-3H3;1H4. The molecule has 0 fully saturated rings. The summed E-state index contributed by atoms with van der Waals surface area (Å²) in [5.74, 6) is -0.669. The Morgan fingerprint density at radius 2 is 1.10 bits per heavy atom. The summed E-state index contributed by atoms with van der Waals surface area (Å²) in [4.78, 5) is 22.2. The van der Waals surface area contributed by atoms with Crippen LogP contribution in [0.3, 0.4) is 0 Å². The van der Waals surface area contributed by atoms with Gasteiger partial charge in [0.15, 0.2) is 0 Å². The Morgan fingerprint density at radius 1 is 0.725 bits per heavy atom. The van der Waals surface area contributed by atoms with Crippen molar-refractivity contribution >= 4 is 43.8 Å². The fourth-order valence-electron chi connectivity index (χ4n) is 2.79. The van der Waals surface area contributed by atoms with Crippen molar-refractivity contribution in [1.82, 2.24) is 0 Å². The van der Waals surface area contributed by atoms with Gasteiger partial charge >= 0.3 is 20.5 Å². The maximum Gasteiger partial charge on any atom is 0.337 e. The number of alkyl halides is 1. The molecular weight excluding hydrogens is 622 g/mol. The van der Waals surface area contributed by atoms with Gasteiger partial charge in [0, 0.05) is 18.2 Å². The molecule has 0 bridgehead atoms. The number of ether oxygens (including phenoxy) is 2. The average Bonchev–Trinajstić information content (AvgIpc) is 2.93. The molecule has 0 aromatic heterocycles. The monoisotopic (exact) mass is 666 g/mol. The third kappa shape index (κ3) is 17.9. The van der Waals surface area contributed by atoms with Gasteiger partial charge in [-0.3, -0.25) is 4.57 Å². The van der Waals surface area contributed by atoms with E-state index in [1.54, 1.807) is 43.1 Å². The quantitative estimate of drug-likeness (QED) is 0.119. The van der Waals surface area contributed by atoms with Crippen molar-refractivity contribution in [2.45, 2.75) is 46.6 Å². The Labute approximate surface area is 249 Å². The van der Waals surface area contributed by atoms with Crippen molar-refractivity contribution in [1.29, 1.82) is 0 Å². The van der Waals surface area contributed by atoms with Crippen LogP contribution >= 0.6 is 31.9 Å². The molecule has 0 saturated carbocycles. The zero-order chi connectivity index (χ0) is 29.7. The van der Waals surface area contributed by atoms with E-state index in [1.165, 1.54) is 14.2 Å². The maximum absolute atomic E-state index is 11.9. The molecule has 0 radical (unpaired) electrons. The van der Waals surface area contributed by atoms with E-state index < -0.39 is 16.0 Å². The average molecular weight is 668 g/mol. The fourth-order valence-corrected chi connectivity index (χ4v) is 5.53. The number of hydrogen-bond acceptors (Lipinski definition) is 9. The molecule has 228 valence electrons. The van der Waals surface area contributed by atoms with Crippen LogP contribution in [-0.2, 0) is 43.6 Å². The molecule has 1 atom stereocenters. The lowest BCUT2D eigenvalue weighted by Crippen LogP contribution is -2.01. The Kier molecular flexibility index (Phi) is 24.3. The van der Waals surface area contributed by atoms with Crippen LogP contribution in [0.2, 0.25) is 0 Å². The molecule has 40 heavy (non-hydrogen) atoms. The molecule has 0 aliphatic heterocycles. The van der Waals surface area contributed by atoms with Gasteiger partial charge in [-0.05, 0) is 63.1 Å².